The van der Waals surface area contributed by atoms with Gasteiger partial charge < -0.3 is 0 Å². The summed E-state index contributed by atoms with van der Waals surface area (Å²) in [7, 11) is 0. The van der Waals surface area contributed by atoms with Crippen molar-refractivity contribution in [2.45, 2.75) is 46.1 Å². The maximum atomic E-state index is 4.65. The molecule has 0 spiro atoms. The number of aromatic nitrogens is 2. The Balaban J connectivity index is 2.24. The van der Waals surface area contributed by atoms with Gasteiger partial charge in [0.1, 0.15) is 0 Å². The van der Waals surface area contributed by atoms with Crippen LogP contribution in [0.25, 0.3) is 0 Å². The first-order chi connectivity index (χ1) is 9.67. The standard InChI is InChI=1S/C17H23BrN2/c1-4-16-11-17(20(5-2)19-16)10-15(12-18)14-8-6-7-13(3)9-14/h6-9,11,15H,4-5,10,12H2,1-3H3. The molecule has 0 aliphatic rings. The van der Waals surface area contributed by atoms with E-state index in [1.165, 1.54) is 22.5 Å². The van der Waals surface area contributed by atoms with Gasteiger partial charge in [0.15, 0.2) is 0 Å². The van der Waals surface area contributed by atoms with Crippen LogP contribution in [0.15, 0.2) is 30.3 Å². The van der Waals surface area contributed by atoms with E-state index in [0.717, 1.165) is 24.7 Å². The first kappa shape index (κ1) is 15.3. The van der Waals surface area contributed by atoms with E-state index in [1.807, 2.05) is 0 Å². The van der Waals surface area contributed by atoms with Crippen LogP contribution >= 0.6 is 15.9 Å². The largest absolute Gasteiger partial charge is 0.270 e. The van der Waals surface area contributed by atoms with Gasteiger partial charge in [0.25, 0.3) is 0 Å². The lowest BCUT2D eigenvalue weighted by Crippen LogP contribution is -2.10. The van der Waals surface area contributed by atoms with Crippen molar-refractivity contribution in [3.05, 3.63) is 52.8 Å². The Labute approximate surface area is 130 Å². The number of hydrogen-bond donors (Lipinski definition) is 0. The molecule has 0 saturated heterocycles. The minimum absolute atomic E-state index is 0.501. The number of rotatable bonds is 6. The molecule has 0 amide bonds. The molecule has 2 rings (SSSR count). The second kappa shape index (κ2) is 7.07. The molecule has 1 atom stereocenters. The summed E-state index contributed by atoms with van der Waals surface area (Å²) in [4.78, 5) is 0. The van der Waals surface area contributed by atoms with Crippen LogP contribution in [0.4, 0.5) is 0 Å². The molecule has 2 aromatic rings. The van der Waals surface area contributed by atoms with Crippen molar-refractivity contribution in [2.24, 2.45) is 0 Å². The SMILES string of the molecule is CCc1cc(CC(CBr)c2cccc(C)c2)n(CC)n1. The number of halogens is 1. The van der Waals surface area contributed by atoms with Gasteiger partial charge in [0.05, 0.1) is 5.69 Å². The molecule has 0 bridgehead atoms. The molecule has 1 heterocycles. The fourth-order valence-corrected chi connectivity index (χ4v) is 3.17. The second-order valence-electron chi connectivity index (χ2n) is 5.27. The van der Waals surface area contributed by atoms with Crippen molar-refractivity contribution < 1.29 is 0 Å². The zero-order valence-corrected chi connectivity index (χ0v) is 14.2. The van der Waals surface area contributed by atoms with Gasteiger partial charge in [0.2, 0.25) is 0 Å². The summed E-state index contributed by atoms with van der Waals surface area (Å²) in [5.74, 6) is 0.501. The molecule has 0 aliphatic carbocycles. The molecule has 0 N–H and O–H groups in total. The topological polar surface area (TPSA) is 17.8 Å². The van der Waals surface area contributed by atoms with Crippen LogP contribution in [0.1, 0.15) is 42.3 Å². The number of nitrogens with zero attached hydrogens (tertiary/aromatic N) is 2. The van der Waals surface area contributed by atoms with E-state index < -0.39 is 0 Å². The molecule has 108 valence electrons. The highest BCUT2D eigenvalue weighted by Crippen LogP contribution is 2.24. The van der Waals surface area contributed by atoms with Gasteiger partial charge in [-0.15, -0.1) is 0 Å². The third kappa shape index (κ3) is 3.51. The van der Waals surface area contributed by atoms with Crippen molar-refractivity contribution >= 4 is 15.9 Å². The van der Waals surface area contributed by atoms with Crippen LogP contribution < -0.4 is 0 Å². The van der Waals surface area contributed by atoms with E-state index in [4.69, 9.17) is 0 Å². The molecule has 0 fully saturated rings. The maximum absolute atomic E-state index is 4.65. The van der Waals surface area contributed by atoms with Crippen LogP contribution in [0.3, 0.4) is 0 Å². The van der Waals surface area contributed by atoms with Crippen molar-refractivity contribution in [3.8, 4) is 0 Å². The van der Waals surface area contributed by atoms with E-state index in [9.17, 15) is 0 Å². The molecule has 0 radical (unpaired) electrons. The number of alkyl halides is 1. The Morgan fingerprint density at radius 3 is 2.65 bits per heavy atom. The average molecular weight is 335 g/mol. The Morgan fingerprint density at radius 2 is 2.05 bits per heavy atom. The van der Waals surface area contributed by atoms with Crippen molar-refractivity contribution in [3.63, 3.8) is 0 Å². The van der Waals surface area contributed by atoms with Crippen LogP contribution in [-0.2, 0) is 19.4 Å². The lowest BCUT2D eigenvalue weighted by atomic mass is 9.94. The summed E-state index contributed by atoms with van der Waals surface area (Å²) in [5, 5.41) is 5.63. The summed E-state index contributed by atoms with van der Waals surface area (Å²) >= 11 is 3.68. The predicted octanol–water partition coefficient (Wildman–Crippen LogP) is 4.50. The highest BCUT2D eigenvalue weighted by molar-refractivity contribution is 9.09. The van der Waals surface area contributed by atoms with Crippen molar-refractivity contribution in [1.29, 1.82) is 0 Å². The Kier molecular flexibility index (Phi) is 5.41. The van der Waals surface area contributed by atoms with E-state index in [2.05, 4.69) is 76.8 Å². The number of aryl methyl sites for hydroxylation is 3. The summed E-state index contributed by atoms with van der Waals surface area (Å²) in [6, 6.07) is 11.1. The van der Waals surface area contributed by atoms with Crippen LogP contribution in [0.2, 0.25) is 0 Å². The van der Waals surface area contributed by atoms with Crippen molar-refractivity contribution in [2.75, 3.05) is 5.33 Å². The summed E-state index contributed by atoms with van der Waals surface area (Å²) in [5.41, 5.74) is 5.27. The first-order valence-corrected chi connectivity index (χ1v) is 8.48. The Morgan fingerprint density at radius 1 is 1.25 bits per heavy atom. The zero-order valence-electron chi connectivity index (χ0n) is 12.6. The second-order valence-corrected chi connectivity index (χ2v) is 5.91. The smallest absolute Gasteiger partial charge is 0.0624 e. The highest BCUT2D eigenvalue weighted by atomic mass is 79.9. The fourth-order valence-electron chi connectivity index (χ4n) is 2.56. The van der Waals surface area contributed by atoms with Crippen LogP contribution in [-0.4, -0.2) is 15.1 Å². The van der Waals surface area contributed by atoms with E-state index in [-0.39, 0.29) is 0 Å². The van der Waals surface area contributed by atoms with E-state index in [0.29, 0.717) is 5.92 Å². The monoisotopic (exact) mass is 334 g/mol. The third-order valence-electron chi connectivity index (χ3n) is 3.73. The van der Waals surface area contributed by atoms with Gasteiger partial charge in [-0.2, -0.15) is 5.10 Å². The van der Waals surface area contributed by atoms with E-state index >= 15 is 0 Å². The van der Waals surface area contributed by atoms with E-state index in [1.54, 1.807) is 0 Å². The molecule has 1 aromatic heterocycles. The normalized spacial score (nSPS) is 12.6. The molecule has 2 nitrogen and oxygen atoms in total. The fraction of sp³-hybridized carbons (Fsp3) is 0.471. The molecule has 1 aromatic carbocycles. The maximum Gasteiger partial charge on any atom is 0.0624 e. The minimum Gasteiger partial charge on any atom is -0.270 e. The van der Waals surface area contributed by atoms with Gasteiger partial charge in [-0.3, -0.25) is 4.68 Å². The quantitative estimate of drug-likeness (QED) is 0.711. The molecular weight excluding hydrogens is 312 g/mol. The van der Waals surface area contributed by atoms with Gasteiger partial charge in [0, 0.05) is 17.6 Å². The van der Waals surface area contributed by atoms with Gasteiger partial charge >= 0.3 is 0 Å². The van der Waals surface area contributed by atoms with Crippen molar-refractivity contribution in [1.82, 2.24) is 9.78 Å². The minimum atomic E-state index is 0.501. The molecule has 3 heteroatoms. The van der Waals surface area contributed by atoms with Crippen LogP contribution in [0.5, 0.6) is 0 Å². The first-order valence-electron chi connectivity index (χ1n) is 7.36. The molecule has 1 unspecified atom stereocenters. The lowest BCUT2D eigenvalue weighted by molar-refractivity contribution is 0.594. The summed E-state index contributed by atoms with van der Waals surface area (Å²) in [6.45, 7) is 7.42. The number of hydrogen-bond acceptors (Lipinski definition) is 1. The predicted molar refractivity (Wildman–Crippen MR) is 88.7 cm³/mol. The van der Waals surface area contributed by atoms with Gasteiger partial charge in [-0.25, -0.2) is 0 Å². The van der Waals surface area contributed by atoms with Gasteiger partial charge in [-0.05, 0) is 44.2 Å². The average Bonchev–Trinajstić information content (AvgIpc) is 2.87. The Bertz CT molecular complexity index is 560. The highest BCUT2D eigenvalue weighted by Gasteiger charge is 2.15. The Hall–Kier alpha value is -1.09. The summed E-state index contributed by atoms with van der Waals surface area (Å²) < 4.78 is 2.14. The molecular formula is C17H23BrN2. The number of benzene rings is 1. The third-order valence-corrected chi connectivity index (χ3v) is 4.51. The molecule has 20 heavy (non-hydrogen) atoms. The molecule has 0 aliphatic heterocycles. The molecule has 0 saturated carbocycles. The lowest BCUT2D eigenvalue weighted by Gasteiger charge is -2.16. The zero-order chi connectivity index (χ0) is 14.5. The van der Waals surface area contributed by atoms with Gasteiger partial charge in [-0.1, -0.05) is 52.7 Å². The summed E-state index contributed by atoms with van der Waals surface area (Å²) in [6.07, 6.45) is 2.04. The van der Waals surface area contributed by atoms with Crippen LogP contribution in [0, 0.1) is 6.92 Å².